The van der Waals surface area contributed by atoms with Crippen molar-refractivity contribution in [3.8, 4) is 6.07 Å². The highest BCUT2D eigenvalue weighted by Crippen LogP contribution is 2.20. The van der Waals surface area contributed by atoms with E-state index >= 15 is 0 Å². The largest absolute Gasteiger partial charge is 0.480 e. The molecule has 112 valence electrons. The number of nitrogens with one attached hydrogen (secondary N) is 2. The molecule has 0 spiro atoms. The lowest BCUT2D eigenvalue weighted by atomic mass is 9.93. The first-order chi connectivity index (χ1) is 9.90. The van der Waals surface area contributed by atoms with Gasteiger partial charge in [-0.2, -0.15) is 5.26 Å². The molecule has 0 atom stereocenters. The molecular formula is C15H19N3O3. The van der Waals surface area contributed by atoms with E-state index in [-0.39, 0.29) is 12.8 Å². The van der Waals surface area contributed by atoms with Crippen LogP contribution in [-0.4, -0.2) is 22.6 Å². The Hall–Kier alpha value is -2.55. The molecule has 6 heteroatoms. The van der Waals surface area contributed by atoms with Gasteiger partial charge in [0.2, 0.25) is 0 Å². The maximum Gasteiger partial charge on any atom is 0.329 e. The van der Waals surface area contributed by atoms with Crippen LogP contribution in [0.1, 0.15) is 37.8 Å². The van der Waals surface area contributed by atoms with Gasteiger partial charge >= 0.3 is 12.0 Å². The predicted molar refractivity (Wildman–Crippen MR) is 79.0 cm³/mol. The Balaban J connectivity index is 2.95. The van der Waals surface area contributed by atoms with E-state index in [0.29, 0.717) is 11.3 Å². The molecule has 0 aliphatic carbocycles. The van der Waals surface area contributed by atoms with Crippen molar-refractivity contribution in [3.63, 3.8) is 0 Å². The van der Waals surface area contributed by atoms with Crippen LogP contribution in [0.5, 0.6) is 0 Å². The molecule has 0 aliphatic heterocycles. The van der Waals surface area contributed by atoms with Crippen molar-refractivity contribution in [3.05, 3.63) is 29.3 Å². The average molecular weight is 289 g/mol. The van der Waals surface area contributed by atoms with E-state index in [9.17, 15) is 14.7 Å². The molecule has 0 unspecified atom stereocenters. The normalized spacial score (nSPS) is 10.6. The van der Waals surface area contributed by atoms with Gasteiger partial charge in [0, 0.05) is 0 Å². The lowest BCUT2D eigenvalue weighted by Gasteiger charge is -2.28. The Morgan fingerprint density at radius 2 is 1.95 bits per heavy atom. The number of aliphatic carboxylic acids is 1. The second-order valence-electron chi connectivity index (χ2n) is 4.78. The number of carboxylic acid groups (broad SMARTS) is 1. The van der Waals surface area contributed by atoms with E-state index in [1.54, 1.807) is 39.0 Å². The third-order valence-corrected chi connectivity index (χ3v) is 3.60. The molecule has 0 fully saturated rings. The number of anilines is 1. The quantitative estimate of drug-likeness (QED) is 0.775. The minimum absolute atomic E-state index is 0.269. The molecule has 0 bridgehead atoms. The van der Waals surface area contributed by atoms with Crippen LogP contribution in [0.15, 0.2) is 18.2 Å². The molecule has 0 aliphatic rings. The number of carbonyl (C=O) groups is 2. The van der Waals surface area contributed by atoms with E-state index in [1.807, 2.05) is 6.07 Å². The van der Waals surface area contributed by atoms with Crippen molar-refractivity contribution < 1.29 is 14.7 Å². The highest BCUT2D eigenvalue weighted by molar-refractivity contribution is 5.95. The Kier molecular flexibility index (Phi) is 5.30. The number of nitriles is 1. The monoisotopic (exact) mass is 289 g/mol. The summed E-state index contributed by atoms with van der Waals surface area (Å²) >= 11 is 0. The molecule has 0 aromatic heterocycles. The molecule has 21 heavy (non-hydrogen) atoms. The van der Waals surface area contributed by atoms with Gasteiger partial charge < -0.3 is 15.7 Å². The summed E-state index contributed by atoms with van der Waals surface area (Å²) in [5.41, 5.74) is 0.162. The molecule has 6 nitrogen and oxygen atoms in total. The van der Waals surface area contributed by atoms with Crippen molar-refractivity contribution in [1.82, 2.24) is 5.32 Å². The predicted octanol–water partition coefficient (Wildman–Crippen LogP) is 2.63. The first-order valence-electron chi connectivity index (χ1n) is 6.72. The van der Waals surface area contributed by atoms with Crippen LogP contribution in [0.2, 0.25) is 0 Å². The molecular weight excluding hydrogens is 270 g/mol. The van der Waals surface area contributed by atoms with Crippen LogP contribution in [-0.2, 0) is 4.79 Å². The smallest absolute Gasteiger partial charge is 0.329 e. The van der Waals surface area contributed by atoms with E-state index in [1.165, 1.54) is 0 Å². The first-order valence-corrected chi connectivity index (χ1v) is 6.72. The molecule has 0 radical (unpaired) electrons. The van der Waals surface area contributed by atoms with Crippen LogP contribution in [0, 0.1) is 18.3 Å². The minimum atomic E-state index is -1.30. The van der Waals surface area contributed by atoms with E-state index < -0.39 is 17.5 Å². The summed E-state index contributed by atoms with van der Waals surface area (Å²) in [6, 6.07) is 6.47. The van der Waals surface area contributed by atoms with Crippen LogP contribution >= 0.6 is 0 Å². The SMILES string of the molecule is CCC(CC)(NC(=O)Nc1cccc(C)c1C#N)C(=O)O. The number of hydrogen-bond donors (Lipinski definition) is 3. The Morgan fingerprint density at radius 1 is 1.33 bits per heavy atom. The number of carboxylic acids is 1. The van der Waals surface area contributed by atoms with Gasteiger partial charge in [-0.15, -0.1) is 0 Å². The molecule has 1 rings (SSSR count). The fraction of sp³-hybridized carbons (Fsp3) is 0.400. The van der Waals surface area contributed by atoms with Gasteiger partial charge in [0.05, 0.1) is 11.3 Å². The van der Waals surface area contributed by atoms with Crippen molar-refractivity contribution in [2.24, 2.45) is 0 Å². The van der Waals surface area contributed by atoms with Gasteiger partial charge in [0.25, 0.3) is 0 Å². The standard InChI is InChI=1S/C15H19N3O3/c1-4-15(5-2,13(19)20)18-14(21)17-12-8-6-7-10(3)11(12)9-16/h6-8H,4-5H2,1-3H3,(H,19,20)(H2,17,18,21). The highest BCUT2D eigenvalue weighted by Gasteiger charge is 2.36. The number of aryl methyl sites for hydroxylation is 1. The van der Waals surface area contributed by atoms with Crippen LogP contribution in [0.3, 0.4) is 0 Å². The summed E-state index contributed by atoms with van der Waals surface area (Å²) < 4.78 is 0. The highest BCUT2D eigenvalue weighted by atomic mass is 16.4. The lowest BCUT2D eigenvalue weighted by Crippen LogP contribution is -2.55. The molecule has 1 aromatic rings. The van der Waals surface area contributed by atoms with Crippen molar-refractivity contribution in [2.75, 3.05) is 5.32 Å². The number of carbonyl (C=O) groups excluding carboxylic acids is 1. The van der Waals surface area contributed by atoms with Crippen molar-refractivity contribution >= 4 is 17.7 Å². The summed E-state index contributed by atoms with van der Waals surface area (Å²) in [4.78, 5) is 23.4. The summed E-state index contributed by atoms with van der Waals surface area (Å²) in [6.45, 7) is 5.16. The number of amides is 2. The number of urea groups is 1. The van der Waals surface area contributed by atoms with Crippen LogP contribution in [0.25, 0.3) is 0 Å². The Bertz CT molecular complexity index is 586. The number of hydrogen-bond acceptors (Lipinski definition) is 3. The van der Waals surface area contributed by atoms with Crippen LogP contribution in [0.4, 0.5) is 10.5 Å². The summed E-state index contributed by atoms with van der Waals surface area (Å²) in [5.74, 6) is -1.08. The zero-order valence-corrected chi connectivity index (χ0v) is 12.4. The third kappa shape index (κ3) is 3.51. The van der Waals surface area contributed by atoms with Gasteiger partial charge in [0.15, 0.2) is 0 Å². The van der Waals surface area contributed by atoms with Gasteiger partial charge in [-0.1, -0.05) is 26.0 Å². The zero-order chi connectivity index (χ0) is 16.0. The molecule has 1 aromatic carbocycles. The zero-order valence-electron chi connectivity index (χ0n) is 12.4. The molecule has 0 saturated heterocycles. The van der Waals surface area contributed by atoms with E-state index in [2.05, 4.69) is 10.6 Å². The van der Waals surface area contributed by atoms with E-state index in [4.69, 9.17) is 5.26 Å². The topological polar surface area (TPSA) is 102 Å². The maximum atomic E-state index is 12.0. The van der Waals surface area contributed by atoms with E-state index in [0.717, 1.165) is 5.56 Å². The fourth-order valence-electron chi connectivity index (χ4n) is 2.07. The molecule has 0 heterocycles. The number of nitrogens with zero attached hydrogens (tertiary/aromatic N) is 1. The van der Waals surface area contributed by atoms with Crippen LogP contribution < -0.4 is 10.6 Å². The van der Waals surface area contributed by atoms with Crippen molar-refractivity contribution in [2.45, 2.75) is 39.2 Å². The second kappa shape index (κ2) is 6.75. The van der Waals surface area contributed by atoms with Crippen molar-refractivity contribution in [1.29, 1.82) is 5.26 Å². The third-order valence-electron chi connectivity index (χ3n) is 3.60. The first kappa shape index (κ1) is 16.5. The summed E-state index contributed by atoms with van der Waals surface area (Å²) in [6.07, 6.45) is 0.538. The summed E-state index contributed by atoms with van der Waals surface area (Å²) in [7, 11) is 0. The van der Waals surface area contributed by atoms with Gasteiger partial charge in [-0.3, -0.25) is 0 Å². The summed E-state index contributed by atoms with van der Waals surface area (Å²) in [5, 5.41) is 23.4. The number of rotatable bonds is 5. The maximum absolute atomic E-state index is 12.0. The fourth-order valence-corrected chi connectivity index (χ4v) is 2.07. The van der Waals surface area contributed by atoms with Gasteiger partial charge in [-0.05, 0) is 31.4 Å². The lowest BCUT2D eigenvalue weighted by molar-refractivity contribution is -0.144. The molecule has 0 saturated carbocycles. The molecule has 2 amide bonds. The second-order valence-corrected chi connectivity index (χ2v) is 4.78. The number of benzene rings is 1. The minimum Gasteiger partial charge on any atom is -0.480 e. The molecule has 3 N–H and O–H groups in total. The van der Waals surface area contributed by atoms with Gasteiger partial charge in [0.1, 0.15) is 11.6 Å². The van der Waals surface area contributed by atoms with Gasteiger partial charge in [-0.25, -0.2) is 9.59 Å². The average Bonchev–Trinajstić information content (AvgIpc) is 2.44. The Labute approximate surface area is 123 Å². The Morgan fingerprint density at radius 3 is 2.43 bits per heavy atom.